The molecule has 1 atom stereocenters. The van der Waals surface area contributed by atoms with Crippen LogP contribution in [0.3, 0.4) is 0 Å². The first kappa shape index (κ1) is 17.1. The van der Waals surface area contributed by atoms with E-state index in [1.165, 1.54) is 11.8 Å². The second-order valence-electron chi connectivity index (χ2n) is 6.75. The van der Waals surface area contributed by atoms with Crippen LogP contribution in [-0.4, -0.2) is 44.9 Å². The molecule has 1 unspecified atom stereocenters. The first-order chi connectivity index (χ1) is 12.5. The number of hydrogen-bond donors (Lipinski definition) is 0. The Bertz CT molecular complexity index is 907. The molecule has 1 aromatic carbocycles. The van der Waals surface area contributed by atoms with E-state index in [2.05, 4.69) is 4.98 Å². The van der Waals surface area contributed by atoms with E-state index >= 15 is 0 Å². The molecule has 1 amide bonds. The first-order valence-electron chi connectivity index (χ1n) is 8.76. The van der Waals surface area contributed by atoms with E-state index < -0.39 is 5.54 Å². The first-order valence-corrected chi connectivity index (χ1v) is 9.75. The Balaban J connectivity index is 2.00. The van der Waals surface area contributed by atoms with Crippen molar-refractivity contribution in [3.8, 4) is 11.4 Å². The van der Waals surface area contributed by atoms with Crippen LogP contribution < -0.4 is 4.74 Å². The highest BCUT2D eigenvalue weighted by Gasteiger charge is 2.48. The minimum atomic E-state index is -0.543. The van der Waals surface area contributed by atoms with Crippen LogP contribution >= 0.6 is 11.8 Å². The fourth-order valence-corrected chi connectivity index (χ4v) is 4.65. The van der Waals surface area contributed by atoms with Crippen molar-refractivity contribution in [3.63, 3.8) is 0 Å². The zero-order valence-electron chi connectivity index (χ0n) is 15.1. The molecule has 0 N–H and O–H groups in total. The van der Waals surface area contributed by atoms with Gasteiger partial charge in [-0.2, -0.15) is 0 Å². The molecule has 1 fully saturated rings. The molecule has 0 radical (unpaired) electrons. The molecular formula is C19H21N3O3S. The maximum Gasteiger partial charge on any atom is 0.256 e. The van der Waals surface area contributed by atoms with Gasteiger partial charge < -0.3 is 9.64 Å². The van der Waals surface area contributed by atoms with Crippen molar-refractivity contribution >= 4 is 22.8 Å². The van der Waals surface area contributed by atoms with E-state index in [9.17, 15) is 9.59 Å². The van der Waals surface area contributed by atoms with Crippen LogP contribution in [-0.2, 0) is 5.54 Å². The smallest absolute Gasteiger partial charge is 0.256 e. The number of rotatable bonds is 3. The summed E-state index contributed by atoms with van der Waals surface area (Å²) in [5.74, 6) is 1.31. The standard InChI is InChI=1S/C19H21N3O3S/c1-4-26-18(24)15-16-19(2)8-5-9-22(19)17(23)13-10-12(25-3)6-7-14(13)21(16)11-20-15/h6-7,10-11H,4-5,8-9H2,1-3H3. The average molecular weight is 371 g/mol. The molecule has 0 bridgehead atoms. The van der Waals surface area contributed by atoms with Gasteiger partial charge >= 0.3 is 0 Å². The lowest BCUT2D eigenvalue weighted by Gasteiger charge is -2.34. The molecule has 0 aliphatic carbocycles. The molecule has 6 nitrogen and oxygen atoms in total. The van der Waals surface area contributed by atoms with Gasteiger partial charge in [-0.05, 0) is 43.7 Å². The molecule has 4 rings (SSSR count). The Labute approximate surface area is 156 Å². The number of ether oxygens (including phenoxy) is 1. The molecule has 1 saturated heterocycles. The van der Waals surface area contributed by atoms with E-state index in [4.69, 9.17) is 4.74 Å². The van der Waals surface area contributed by atoms with Crippen LogP contribution in [0.5, 0.6) is 5.75 Å². The summed E-state index contributed by atoms with van der Waals surface area (Å²) in [5, 5.41) is -0.0428. The molecule has 0 spiro atoms. The molecule has 136 valence electrons. The van der Waals surface area contributed by atoms with Gasteiger partial charge in [0.05, 0.1) is 29.6 Å². The summed E-state index contributed by atoms with van der Waals surface area (Å²) in [4.78, 5) is 32.3. The third-order valence-electron chi connectivity index (χ3n) is 5.33. The summed E-state index contributed by atoms with van der Waals surface area (Å²) in [6.07, 6.45) is 3.39. The fourth-order valence-electron chi connectivity index (χ4n) is 4.10. The van der Waals surface area contributed by atoms with Crippen LogP contribution in [0, 0.1) is 0 Å². The zero-order valence-corrected chi connectivity index (χ0v) is 15.9. The number of fused-ring (bicyclic) bond motifs is 5. The highest BCUT2D eigenvalue weighted by molar-refractivity contribution is 8.14. The third-order valence-corrected chi connectivity index (χ3v) is 6.07. The molecular weight excluding hydrogens is 350 g/mol. The molecule has 2 aromatic rings. The van der Waals surface area contributed by atoms with E-state index in [1.54, 1.807) is 19.5 Å². The van der Waals surface area contributed by atoms with Crippen molar-refractivity contribution in [1.82, 2.24) is 14.5 Å². The van der Waals surface area contributed by atoms with Gasteiger partial charge in [0.25, 0.3) is 5.91 Å². The number of amides is 1. The van der Waals surface area contributed by atoms with Gasteiger partial charge in [0, 0.05) is 6.54 Å². The van der Waals surface area contributed by atoms with Gasteiger partial charge in [0.1, 0.15) is 17.8 Å². The SMILES string of the molecule is CCSC(=O)c1ncn2c1C1(C)CCCN1C(=O)c1cc(OC)ccc1-2. The highest BCUT2D eigenvalue weighted by Crippen LogP contribution is 2.45. The van der Waals surface area contributed by atoms with Crippen molar-refractivity contribution in [2.24, 2.45) is 0 Å². The third kappa shape index (κ3) is 2.30. The van der Waals surface area contributed by atoms with Gasteiger partial charge in [-0.15, -0.1) is 0 Å². The predicted octanol–water partition coefficient (Wildman–Crippen LogP) is 3.24. The second-order valence-corrected chi connectivity index (χ2v) is 7.99. The van der Waals surface area contributed by atoms with E-state index in [0.29, 0.717) is 29.3 Å². The van der Waals surface area contributed by atoms with Gasteiger partial charge in [-0.3, -0.25) is 14.2 Å². The zero-order chi connectivity index (χ0) is 18.5. The number of aromatic nitrogens is 2. The molecule has 3 heterocycles. The van der Waals surface area contributed by atoms with Crippen LogP contribution in [0.15, 0.2) is 24.5 Å². The summed E-state index contributed by atoms with van der Waals surface area (Å²) >= 11 is 1.25. The van der Waals surface area contributed by atoms with Crippen molar-refractivity contribution in [1.29, 1.82) is 0 Å². The second kappa shape index (κ2) is 6.16. The quantitative estimate of drug-likeness (QED) is 0.829. The molecule has 26 heavy (non-hydrogen) atoms. The lowest BCUT2D eigenvalue weighted by atomic mass is 9.92. The Morgan fingerprint density at radius 3 is 2.96 bits per heavy atom. The van der Waals surface area contributed by atoms with Crippen molar-refractivity contribution in [3.05, 3.63) is 41.5 Å². The van der Waals surface area contributed by atoms with E-state index in [1.807, 2.05) is 35.4 Å². The summed E-state index contributed by atoms with van der Waals surface area (Å²) in [6.45, 7) is 4.67. The van der Waals surface area contributed by atoms with E-state index in [0.717, 1.165) is 24.2 Å². The Morgan fingerprint density at radius 2 is 2.23 bits per heavy atom. The van der Waals surface area contributed by atoms with Crippen molar-refractivity contribution in [2.75, 3.05) is 19.4 Å². The Morgan fingerprint density at radius 1 is 1.42 bits per heavy atom. The average Bonchev–Trinajstić information content (AvgIpc) is 3.24. The monoisotopic (exact) mass is 371 g/mol. The number of methoxy groups -OCH3 is 1. The normalized spacial score (nSPS) is 21.0. The minimum Gasteiger partial charge on any atom is -0.497 e. The maximum atomic E-state index is 13.3. The summed E-state index contributed by atoms with van der Waals surface area (Å²) in [7, 11) is 1.59. The fraction of sp³-hybridized carbons (Fsp3) is 0.421. The van der Waals surface area contributed by atoms with Crippen LogP contribution in [0.1, 0.15) is 53.2 Å². The number of carbonyl (C=O) groups excluding carboxylic acids is 2. The summed E-state index contributed by atoms with van der Waals surface area (Å²) in [5.41, 5.74) is 2.06. The van der Waals surface area contributed by atoms with Gasteiger partial charge in [0.2, 0.25) is 5.12 Å². The van der Waals surface area contributed by atoms with Gasteiger partial charge in [-0.25, -0.2) is 4.98 Å². The molecule has 2 aliphatic heterocycles. The number of thioether (sulfide) groups is 1. The number of benzene rings is 1. The van der Waals surface area contributed by atoms with Crippen LogP contribution in [0.25, 0.3) is 5.69 Å². The maximum absolute atomic E-state index is 13.3. The summed E-state index contributed by atoms with van der Waals surface area (Å²) in [6, 6.07) is 5.47. The lowest BCUT2D eigenvalue weighted by molar-refractivity contribution is 0.0617. The Hall–Kier alpha value is -2.28. The van der Waals surface area contributed by atoms with Crippen LogP contribution in [0.2, 0.25) is 0 Å². The molecule has 7 heteroatoms. The molecule has 0 saturated carbocycles. The Kier molecular flexibility index (Phi) is 4.06. The number of hydrogen-bond acceptors (Lipinski definition) is 5. The number of carbonyl (C=O) groups is 2. The molecule has 2 aliphatic rings. The van der Waals surface area contributed by atoms with E-state index in [-0.39, 0.29) is 11.0 Å². The number of nitrogens with zero attached hydrogens (tertiary/aromatic N) is 3. The largest absolute Gasteiger partial charge is 0.497 e. The lowest BCUT2D eigenvalue weighted by Crippen LogP contribution is -2.43. The summed E-state index contributed by atoms with van der Waals surface area (Å²) < 4.78 is 7.23. The highest BCUT2D eigenvalue weighted by atomic mass is 32.2. The predicted molar refractivity (Wildman–Crippen MR) is 100 cm³/mol. The topological polar surface area (TPSA) is 64.4 Å². The van der Waals surface area contributed by atoms with Crippen molar-refractivity contribution < 1.29 is 14.3 Å². The van der Waals surface area contributed by atoms with Crippen molar-refractivity contribution in [2.45, 2.75) is 32.2 Å². The van der Waals surface area contributed by atoms with Gasteiger partial charge in [0.15, 0.2) is 0 Å². The molecule has 1 aromatic heterocycles. The van der Waals surface area contributed by atoms with Gasteiger partial charge in [-0.1, -0.05) is 18.7 Å². The minimum absolute atomic E-state index is 0.0239. The number of imidazole rings is 1. The van der Waals surface area contributed by atoms with Crippen LogP contribution in [0.4, 0.5) is 0 Å².